The van der Waals surface area contributed by atoms with Gasteiger partial charge in [0.25, 0.3) is 21.6 Å². The number of allylic oxidation sites excluding steroid dienone is 1. The first kappa shape index (κ1) is 50.8. The Morgan fingerprint density at radius 2 is 1.79 bits per heavy atom. The summed E-state index contributed by atoms with van der Waals surface area (Å²) in [5.41, 5.74) is 6.30. The molecule has 5 heterocycles. The Balaban J connectivity index is 0.955. The van der Waals surface area contributed by atoms with E-state index in [0.717, 1.165) is 80.7 Å². The van der Waals surface area contributed by atoms with Crippen LogP contribution in [0.4, 0.5) is 28.4 Å². The van der Waals surface area contributed by atoms with Gasteiger partial charge in [-0.15, -0.1) is 0 Å². The molecule has 1 unspecified atom stereocenters. The van der Waals surface area contributed by atoms with Crippen molar-refractivity contribution in [3.05, 3.63) is 111 Å². The highest BCUT2D eigenvalue weighted by atomic mass is 35.5. The Morgan fingerprint density at radius 3 is 2.59 bits per heavy atom. The third-order valence-corrected chi connectivity index (χ3v) is 16.8. The second-order valence-corrected chi connectivity index (χ2v) is 22.9. The summed E-state index contributed by atoms with van der Waals surface area (Å²) in [6, 6.07) is 21.2. The van der Waals surface area contributed by atoms with Gasteiger partial charge in [0.2, 0.25) is 5.88 Å². The molecule has 0 radical (unpaired) electrons. The van der Waals surface area contributed by atoms with Gasteiger partial charge in [-0.05, 0) is 134 Å². The molecule has 3 aliphatic heterocycles. The molecule has 10 rings (SSSR count). The first-order chi connectivity index (χ1) is 35.2. The maximum Gasteiger partial charge on any atom is 0.293 e. The van der Waals surface area contributed by atoms with E-state index in [1.165, 1.54) is 23.3 Å². The monoisotopic (exact) mass is 1040 g/mol. The zero-order valence-corrected chi connectivity index (χ0v) is 43.3. The van der Waals surface area contributed by atoms with Gasteiger partial charge in [0.15, 0.2) is 0 Å². The number of hydrogen-bond acceptors (Lipinski definition) is 14. The number of nitro groups is 1. The molecular formula is C54H65ClN8O9S. The van der Waals surface area contributed by atoms with Crippen molar-refractivity contribution in [3.8, 4) is 5.88 Å². The average molecular weight is 1040 g/mol. The number of methoxy groups -OCH3 is 1. The highest BCUT2D eigenvalue weighted by Crippen LogP contribution is 2.46. The Hall–Kier alpha value is -5.76. The summed E-state index contributed by atoms with van der Waals surface area (Å²) in [6.07, 6.45) is 8.83. The van der Waals surface area contributed by atoms with Crippen LogP contribution >= 0.6 is 11.6 Å². The fourth-order valence-electron chi connectivity index (χ4n) is 11.3. The fraction of sp³-hybridized carbons (Fsp3) is 0.481. The van der Waals surface area contributed by atoms with Crippen molar-refractivity contribution in [2.45, 2.75) is 88.4 Å². The van der Waals surface area contributed by atoms with Gasteiger partial charge in [-0.3, -0.25) is 19.8 Å². The number of carbonyl (C=O) groups excluding carboxylic acids is 1. The van der Waals surface area contributed by atoms with Crippen LogP contribution in [0.15, 0.2) is 89.5 Å². The van der Waals surface area contributed by atoms with Crippen molar-refractivity contribution in [2.24, 2.45) is 11.3 Å². The summed E-state index contributed by atoms with van der Waals surface area (Å²) in [7, 11) is -2.90. The van der Waals surface area contributed by atoms with Gasteiger partial charge in [-0.2, -0.15) is 4.98 Å². The van der Waals surface area contributed by atoms with E-state index in [1.54, 1.807) is 19.4 Å². The minimum Gasteiger partial charge on any atom is -0.476 e. The van der Waals surface area contributed by atoms with Gasteiger partial charge in [0, 0.05) is 88.0 Å². The van der Waals surface area contributed by atoms with E-state index in [-0.39, 0.29) is 34.9 Å². The van der Waals surface area contributed by atoms with Crippen LogP contribution in [0.3, 0.4) is 0 Å². The number of anilines is 4. The number of halogens is 1. The van der Waals surface area contributed by atoms with E-state index < -0.39 is 31.4 Å². The number of amides is 1. The Morgan fingerprint density at radius 1 is 0.973 bits per heavy atom. The SMILES string of the molecule is COC1CCC(CNc2ccc(S(=O)(=O)NC(=O)c3ccc(N4CCN5CC6=C(c7ccc(Cl)cc7)CC(C)(C)CC6OCCCOC[C@@H]5C4)cc3N3CCCOc4nc5[nH]ccc5cc43)cc2[N+](=O)[O-])CC1. The molecule has 3 fully saturated rings. The number of hydrogen-bond donors (Lipinski definition) is 3. The quantitative estimate of drug-likeness (QED) is 0.0837. The summed E-state index contributed by atoms with van der Waals surface area (Å²) in [5, 5.41) is 17.1. The maximum absolute atomic E-state index is 14.6. The largest absolute Gasteiger partial charge is 0.476 e. The molecule has 2 aromatic heterocycles. The third-order valence-electron chi connectivity index (χ3n) is 15.2. The summed E-state index contributed by atoms with van der Waals surface area (Å²) >= 11 is 6.38. The molecule has 17 nitrogen and oxygen atoms in total. The number of pyridine rings is 1. The summed E-state index contributed by atoms with van der Waals surface area (Å²) in [4.78, 5) is 40.7. The van der Waals surface area contributed by atoms with Gasteiger partial charge in [-0.1, -0.05) is 37.6 Å². The van der Waals surface area contributed by atoms with Gasteiger partial charge in [-0.25, -0.2) is 13.1 Å². The van der Waals surface area contributed by atoms with E-state index in [4.69, 9.17) is 35.5 Å². The van der Waals surface area contributed by atoms with Crippen molar-refractivity contribution in [1.29, 1.82) is 0 Å². The standard InChI is InChI=1S/C54H65ClN8O9S/c1-54(2)29-44(36-8-10-38(55)11-9-36)45-33-61-22-21-60(32-40(61)34-70-23-5-25-71-50(45)30-54)39-12-16-43(47(27-39)62-20-4-24-72-53-49(62)26-37-18-19-56-51(37)58-53)52(64)59-73(67,68)42-15-17-46(48(28-42)63(65)66)57-31-35-6-13-41(69-3)14-7-35/h8-12,15-19,26-28,35,40-41,50,57H,4-7,13-14,20-25,29-34H2,1-3H3,(H,56,58)(H,59,64)/t35?,40-,41?,50?/m0/s1. The number of nitrogens with one attached hydrogen (secondary N) is 3. The molecule has 73 heavy (non-hydrogen) atoms. The average Bonchev–Trinajstić information content (AvgIpc) is 3.73. The Kier molecular flexibility index (Phi) is 15.0. The minimum absolute atomic E-state index is 0.0120. The van der Waals surface area contributed by atoms with Crippen LogP contribution in [0.2, 0.25) is 5.02 Å². The summed E-state index contributed by atoms with van der Waals surface area (Å²) in [5.74, 6) is -0.218. The zero-order valence-electron chi connectivity index (χ0n) is 41.7. The molecule has 19 heteroatoms. The van der Waals surface area contributed by atoms with Crippen LogP contribution in [0, 0.1) is 21.4 Å². The van der Waals surface area contributed by atoms with Gasteiger partial charge in [0.05, 0.1) is 52.5 Å². The van der Waals surface area contributed by atoms with Crippen LogP contribution in [0.25, 0.3) is 16.6 Å². The van der Waals surface area contributed by atoms with E-state index in [1.807, 2.05) is 41.3 Å². The third kappa shape index (κ3) is 11.3. The number of benzene rings is 3. The molecule has 0 bridgehead atoms. The Bertz CT molecular complexity index is 2980. The molecule has 3 aromatic carbocycles. The zero-order chi connectivity index (χ0) is 50.9. The normalized spacial score (nSPS) is 23.0. The Labute approximate surface area is 431 Å². The lowest BCUT2D eigenvalue weighted by molar-refractivity contribution is -0.384. The lowest BCUT2D eigenvalue weighted by Gasteiger charge is -2.45. The van der Waals surface area contributed by atoms with Crippen LogP contribution in [-0.2, 0) is 24.2 Å². The molecule has 5 aromatic rings. The first-order valence-electron chi connectivity index (χ1n) is 25.5. The number of nitro benzene ring substituents is 1. The van der Waals surface area contributed by atoms with Crippen LogP contribution in [0.1, 0.15) is 81.1 Å². The number of aromatic nitrogens is 2. The van der Waals surface area contributed by atoms with Crippen molar-refractivity contribution in [3.63, 3.8) is 0 Å². The lowest BCUT2D eigenvalue weighted by Crippen LogP contribution is -2.56. The predicted molar refractivity (Wildman–Crippen MR) is 283 cm³/mol. The number of carbonyl (C=O) groups is 1. The van der Waals surface area contributed by atoms with Gasteiger partial charge in [0.1, 0.15) is 17.0 Å². The summed E-state index contributed by atoms with van der Waals surface area (Å²) < 4.78 is 55.3. The number of ether oxygens (including phenoxy) is 4. The van der Waals surface area contributed by atoms with E-state index in [2.05, 4.69) is 50.8 Å². The molecule has 2 saturated heterocycles. The van der Waals surface area contributed by atoms with Gasteiger partial charge < -0.3 is 39.0 Å². The maximum atomic E-state index is 14.6. The second kappa shape index (κ2) is 21.6. The van der Waals surface area contributed by atoms with Crippen molar-refractivity contribution >= 4 is 72.6 Å². The van der Waals surface area contributed by atoms with E-state index in [0.29, 0.717) is 92.9 Å². The van der Waals surface area contributed by atoms with E-state index >= 15 is 0 Å². The fourth-order valence-corrected chi connectivity index (χ4v) is 12.4. The smallest absolute Gasteiger partial charge is 0.293 e. The number of nitrogens with zero attached hydrogens (tertiary/aromatic N) is 5. The van der Waals surface area contributed by atoms with Crippen LogP contribution < -0.4 is 24.6 Å². The predicted octanol–water partition coefficient (Wildman–Crippen LogP) is 9.35. The molecule has 2 atom stereocenters. The number of aromatic amines is 1. The molecule has 1 amide bonds. The number of H-pyrrole nitrogens is 1. The highest BCUT2D eigenvalue weighted by molar-refractivity contribution is 7.90. The van der Waals surface area contributed by atoms with Gasteiger partial charge >= 0.3 is 0 Å². The molecule has 3 N–H and O–H groups in total. The molecule has 1 saturated carbocycles. The van der Waals surface area contributed by atoms with Crippen LogP contribution in [-0.4, -0.2) is 125 Å². The van der Waals surface area contributed by atoms with E-state index in [9.17, 15) is 23.3 Å². The molecule has 5 aliphatic rings. The topological polar surface area (TPSA) is 194 Å². The number of piperazine rings is 1. The number of rotatable bonds is 11. The van der Waals surface area contributed by atoms with Crippen molar-refractivity contribution in [2.75, 3.05) is 87.9 Å². The number of fused-ring (bicyclic) bond motifs is 4. The molecule has 388 valence electrons. The minimum atomic E-state index is -4.61. The van der Waals surface area contributed by atoms with Crippen molar-refractivity contribution < 1.29 is 37.1 Å². The molecule has 2 aliphatic carbocycles. The van der Waals surface area contributed by atoms with Crippen molar-refractivity contribution in [1.82, 2.24) is 19.6 Å². The highest BCUT2D eigenvalue weighted by Gasteiger charge is 2.39. The molecular weight excluding hydrogens is 972 g/mol. The second-order valence-electron chi connectivity index (χ2n) is 20.8. The first-order valence-corrected chi connectivity index (χ1v) is 27.4. The lowest BCUT2D eigenvalue weighted by atomic mass is 9.71. The van der Waals surface area contributed by atoms with Crippen LogP contribution in [0.5, 0.6) is 5.88 Å². The molecule has 0 spiro atoms. The number of sulfonamides is 1. The summed E-state index contributed by atoms with van der Waals surface area (Å²) in [6.45, 7) is 10.4.